The van der Waals surface area contributed by atoms with Gasteiger partial charge in [0.1, 0.15) is 5.60 Å². The number of ketones is 1. The zero-order chi connectivity index (χ0) is 15.1. The fourth-order valence-corrected chi connectivity index (χ4v) is 5.98. The Morgan fingerprint density at radius 1 is 1.10 bits per heavy atom. The smallest absolute Gasteiger partial charge is 0.181 e. The van der Waals surface area contributed by atoms with Crippen molar-refractivity contribution in [3.05, 3.63) is 30.3 Å². The highest BCUT2D eigenvalue weighted by molar-refractivity contribution is 7.92. The van der Waals surface area contributed by atoms with Gasteiger partial charge in [-0.25, -0.2) is 8.42 Å². The second-order valence-corrected chi connectivity index (χ2v) is 8.30. The highest BCUT2D eigenvalue weighted by Gasteiger charge is 2.54. The number of fused-ring (bicyclic) bond motifs is 1. The van der Waals surface area contributed by atoms with Crippen molar-refractivity contribution >= 4 is 15.6 Å². The predicted molar refractivity (Wildman–Crippen MR) is 78.6 cm³/mol. The molecule has 0 unspecified atom stereocenters. The lowest BCUT2D eigenvalue weighted by atomic mass is 9.66. The first-order chi connectivity index (χ1) is 9.96. The van der Waals surface area contributed by atoms with Gasteiger partial charge in [-0.05, 0) is 31.4 Å². The Balaban J connectivity index is 2.00. The highest BCUT2D eigenvalue weighted by atomic mass is 32.2. The summed E-state index contributed by atoms with van der Waals surface area (Å²) in [5, 5.41) is 10.1. The van der Waals surface area contributed by atoms with Crippen molar-refractivity contribution in [2.45, 2.75) is 54.3 Å². The third-order valence-corrected chi connectivity index (χ3v) is 7.28. The molecule has 0 bridgehead atoms. The summed E-state index contributed by atoms with van der Waals surface area (Å²) in [6.07, 6.45) is 3.15. The molecule has 0 aromatic heterocycles. The van der Waals surface area contributed by atoms with Gasteiger partial charge in [0.25, 0.3) is 0 Å². The van der Waals surface area contributed by atoms with Crippen molar-refractivity contribution in [2.24, 2.45) is 5.92 Å². The van der Waals surface area contributed by atoms with E-state index in [2.05, 4.69) is 0 Å². The van der Waals surface area contributed by atoms with E-state index in [0.29, 0.717) is 19.3 Å². The normalized spacial score (nSPS) is 33.5. The van der Waals surface area contributed by atoms with Crippen molar-refractivity contribution in [3.8, 4) is 0 Å². The van der Waals surface area contributed by atoms with Gasteiger partial charge < -0.3 is 5.11 Å². The molecule has 2 aliphatic rings. The van der Waals surface area contributed by atoms with Gasteiger partial charge in [0.05, 0.1) is 10.1 Å². The van der Waals surface area contributed by atoms with Crippen LogP contribution in [-0.2, 0) is 14.6 Å². The number of carbonyl (C=O) groups is 1. The van der Waals surface area contributed by atoms with E-state index in [4.69, 9.17) is 0 Å². The largest absolute Gasteiger partial charge is 0.382 e. The van der Waals surface area contributed by atoms with Gasteiger partial charge in [0, 0.05) is 12.3 Å². The summed E-state index contributed by atoms with van der Waals surface area (Å²) in [5.41, 5.74) is -1.43. The van der Waals surface area contributed by atoms with E-state index in [1.54, 1.807) is 30.3 Å². The van der Waals surface area contributed by atoms with Crippen molar-refractivity contribution in [3.63, 3.8) is 0 Å². The first-order valence-electron chi connectivity index (χ1n) is 7.51. The molecule has 1 aromatic rings. The third-order valence-electron chi connectivity index (χ3n) is 4.99. The molecular weight excluding hydrogens is 288 g/mol. The van der Waals surface area contributed by atoms with Gasteiger partial charge in [-0.1, -0.05) is 31.0 Å². The number of benzene rings is 1. The summed E-state index contributed by atoms with van der Waals surface area (Å²) < 4.78 is 25.7. The Morgan fingerprint density at radius 3 is 2.52 bits per heavy atom. The minimum atomic E-state index is -3.51. The van der Waals surface area contributed by atoms with Gasteiger partial charge >= 0.3 is 0 Å². The van der Waals surface area contributed by atoms with E-state index in [0.717, 1.165) is 12.8 Å². The number of carbonyl (C=O) groups excluding carboxylic acids is 1. The lowest BCUT2D eigenvalue weighted by Gasteiger charge is -2.45. The molecule has 1 aromatic carbocycles. The van der Waals surface area contributed by atoms with E-state index in [9.17, 15) is 18.3 Å². The van der Waals surface area contributed by atoms with Crippen LogP contribution < -0.4 is 0 Å². The molecule has 3 rings (SSSR count). The molecule has 2 saturated carbocycles. The number of sulfone groups is 1. The SMILES string of the molecule is O=C1CC[C@H](S(=O)(=O)c2ccccc2)[C@H]2CCCC[C@@]12O. The van der Waals surface area contributed by atoms with Crippen LogP contribution in [0.5, 0.6) is 0 Å². The van der Waals surface area contributed by atoms with Crippen LogP contribution >= 0.6 is 0 Å². The molecule has 21 heavy (non-hydrogen) atoms. The van der Waals surface area contributed by atoms with Crippen LogP contribution in [0.1, 0.15) is 38.5 Å². The number of rotatable bonds is 2. The second kappa shape index (κ2) is 5.21. The molecule has 1 N–H and O–H groups in total. The molecular formula is C16H20O4S. The lowest BCUT2D eigenvalue weighted by molar-refractivity contribution is -0.152. The van der Waals surface area contributed by atoms with Crippen LogP contribution in [0, 0.1) is 5.92 Å². The number of Topliss-reactive ketones (excluding diaryl/α,β-unsaturated/α-hetero) is 1. The maximum atomic E-state index is 12.9. The average molecular weight is 308 g/mol. The minimum absolute atomic E-state index is 0.156. The number of hydrogen-bond donors (Lipinski definition) is 1. The van der Waals surface area contributed by atoms with Crippen molar-refractivity contribution < 1.29 is 18.3 Å². The molecule has 5 heteroatoms. The zero-order valence-electron chi connectivity index (χ0n) is 11.9. The molecule has 2 aliphatic carbocycles. The summed E-state index contributed by atoms with van der Waals surface area (Å²) in [6.45, 7) is 0. The summed E-state index contributed by atoms with van der Waals surface area (Å²) in [7, 11) is -3.51. The van der Waals surface area contributed by atoms with Crippen molar-refractivity contribution in [2.75, 3.05) is 0 Å². The molecule has 0 amide bonds. The van der Waals surface area contributed by atoms with Gasteiger partial charge in [-0.2, -0.15) is 0 Å². The molecule has 2 fully saturated rings. The van der Waals surface area contributed by atoms with Crippen LogP contribution in [0.2, 0.25) is 0 Å². The topological polar surface area (TPSA) is 71.4 Å². The first-order valence-corrected chi connectivity index (χ1v) is 9.05. The van der Waals surface area contributed by atoms with Gasteiger partial charge in [-0.15, -0.1) is 0 Å². The molecule has 4 nitrogen and oxygen atoms in total. The molecule has 114 valence electrons. The lowest BCUT2D eigenvalue weighted by Crippen LogP contribution is -2.57. The van der Waals surface area contributed by atoms with E-state index < -0.39 is 26.6 Å². The number of aliphatic hydroxyl groups is 1. The highest BCUT2D eigenvalue weighted by Crippen LogP contribution is 2.45. The Morgan fingerprint density at radius 2 is 1.81 bits per heavy atom. The Kier molecular flexibility index (Phi) is 3.66. The fraction of sp³-hybridized carbons (Fsp3) is 0.562. The Labute approximate surface area is 125 Å². The van der Waals surface area contributed by atoms with Gasteiger partial charge in [0.15, 0.2) is 15.6 Å². The number of hydrogen-bond acceptors (Lipinski definition) is 4. The molecule has 0 saturated heterocycles. The van der Waals surface area contributed by atoms with Crippen molar-refractivity contribution in [1.29, 1.82) is 0 Å². The second-order valence-electron chi connectivity index (χ2n) is 6.13. The zero-order valence-corrected chi connectivity index (χ0v) is 12.7. The Bertz CT molecular complexity index is 638. The predicted octanol–water partition coefficient (Wildman–Crippen LogP) is 2.11. The molecule has 0 spiro atoms. The van der Waals surface area contributed by atoms with Gasteiger partial charge in [-0.3, -0.25) is 4.79 Å². The fourth-order valence-electron chi connectivity index (χ4n) is 3.87. The van der Waals surface area contributed by atoms with E-state index in [-0.39, 0.29) is 17.1 Å². The van der Waals surface area contributed by atoms with Crippen LogP contribution in [0.25, 0.3) is 0 Å². The molecule has 0 heterocycles. The standard InChI is InChI=1S/C16H20O4S/c17-15-10-9-14(13-8-4-5-11-16(13,15)18)21(19,20)12-6-2-1-3-7-12/h1-3,6-7,13-14,18H,4-5,8-11H2/t13-,14+,16+/m1/s1. The maximum Gasteiger partial charge on any atom is 0.181 e. The third kappa shape index (κ3) is 2.32. The average Bonchev–Trinajstić information content (AvgIpc) is 2.49. The summed E-state index contributed by atoms with van der Waals surface area (Å²) in [5.74, 6) is -0.635. The van der Waals surface area contributed by atoms with Crippen LogP contribution in [-0.4, -0.2) is 30.2 Å². The summed E-state index contributed by atoms with van der Waals surface area (Å²) in [4.78, 5) is 12.4. The van der Waals surface area contributed by atoms with Crippen LogP contribution in [0.3, 0.4) is 0 Å². The van der Waals surface area contributed by atoms with Crippen LogP contribution in [0.15, 0.2) is 35.2 Å². The van der Waals surface area contributed by atoms with E-state index in [1.165, 1.54) is 0 Å². The quantitative estimate of drug-likeness (QED) is 0.908. The van der Waals surface area contributed by atoms with E-state index >= 15 is 0 Å². The molecule has 0 radical (unpaired) electrons. The monoisotopic (exact) mass is 308 g/mol. The summed E-state index contributed by atoms with van der Waals surface area (Å²) in [6, 6.07) is 8.36. The van der Waals surface area contributed by atoms with Crippen LogP contribution in [0.4, 0.5) is 0 Å². The molecule has 0 aliphatic heterocycles. The van der Waals surface area contributed by atoms with E-state index in [1.807, 2.05) is 0 Å². The van der Waals surface area contributed by atoms with Crippen molar-refractivity contribution in [1.82, 2.24) is 0 Å². The maximum absolute atomic E-state index is 12.9. The first kappa shape index (κ1) is 14.7. The molecule has 3 atom stereocenters. The minimum Gasteiger partial charge on any atom is -0.382 e. The van der Waals surface area contributed by atoms with Gasteiger partial charge in [0.2, 0.25) is 0 Å². The Hall–Kier alpha value is -1.20. The summed E-state index contributed by atoms with van der Waals surface area (Å²) >= 11 is 0.